The number of rotatable bonds is 3. The van der Waals surface area contributed by atoms with Crippen molar-refractivity contribution in [2.75, 3.05) is 20.1 Å². The molecule has 3 rings (SSSR count). The summed E-state index contributed by atoms with van der Waals surface area (Å²) < 4.78 is 1.09. The summed E-state index contributed by atoms with van der Waals surface area (Å²) in [7, 11) is 2.40. The highest BCUT2D eigenvalue weighted by Gasteiger charge is 2.33. The fourth-order valence-electron chi connectivity index (χ4n) is 3.50. The van der Waals surface area contributed by atoms with Crippen molar-refractivity contribution in [3.05, 3.63) is 71.8 Å². The Hall–Kier alpha value is -2.04. The quantitative estimate of drug-likeness (QED) is 0.586. The van der Waals surface area contributed by atoms with Gasteiger partial charge in [-0.3, -0.25) is 0 Å². The SMILES string of the molecule is C[N+]1(C(C#Cc2ccccc2)Cc2ccccc2)CCCCC1. The van der Waals surface area contributed by atoms with E-state index in [9.17, 15) is 0 Å². The lowest BCUT2D eigenvalue weighted by atomic mass is 9.98. The molecule has 0 bridgehead atoms. The number of hydrogen-bond donors (Lipinski definition) is 0. The van der Waals surface area contributed by atoms with E-state index in [2.05, 4.69) is 73.5 Å². The zero-order valence-electron chi connectivity index (χ0n) is 14.0. The fourth-order valence-corrected chi connectivity index (χ4v) is 3.50. The summed E-state index contributed by atoms with van der Waals surface area (Å²) in [5.74, 6) is 7.04. The molecule has 1 heteroatoms. The Morgan fingerprint density at radius 1 is 0.870 bits per heavy atom. The number of likely N-dealkylation sites (N-methyl/N-ethyl adjacent to an activating group) is 1. The van der Waals surface area contributed by atoms with E-state index < -0.39 is 0 Å². The molecule has 118 valence electrons. The van der Waals surface area contributed by atoms with Crippen LogP contribution in [-0.4, -0.2) is 30.7 Å². The monoisotopic (exact) mass is 304 g/mol. The Morgan fingerprint density at radius 3 is 2.13 bits per heavy atom. The Bertz CT molecular complexity index is 657. The molecule has 23 heavy (non-hydrogen) atoms. The summed E-state index contributed by atoms with van der Waals surface area (Å²) in [6.07, 6.45) is 5.07. The maximum atomic E-state index is 3.62. The van der Waals surface area contributed by atoms with Gasteiger partial charge in [0, 0.05) is 12.0 Å². The molecule has 1 aliphatic rings. The molecule has 2 aromatic carbocycles. The molecule has 1 nitrogen and oxygen atoms in total. The minimum Gasteiger partial charge on any atom is -0.313 e. The van der Waals surface area contributed by atoms with Crippen LogP contribution in [0.5, 0.6) is 0 Å². The lowest BCUT2D eigenvalue weighted by molar-refractivity contribution is -0.929. The predicted molar refractivity (Wildman–Crippen MR) is 97.0 cm³/mol. The van der Waals surface area contributed by atoms with Gasteiger partial charge in [0.05, 0.1) is 20.1 Å². The highest BCUT2D eigenvalue weighted by atomic mass is 15.4. The minimum absolute atomic E-state index is 0.373. The summed E-state index contributed by atoms with van der Waals surface area (Å²) in [5, 5.41) is 0. The van der Waals surface area contributed by atoms with E-state index >= 15 is 0 Å². The summed E-state index contributed by atoms with van der Waals surface area (Å²) in [6, 6.07) is 21.6. The second-order valence-corrected chi connectivity index (χ2v) is 6.83. The van der Waals surface area contributed by atoms with Gasteiger partial charge in [-0.15, -0.1) is 0 Å². The number of quaternary nitrogens is 1. The average Bonchev–Trinajstić information content (AvgIpc) is 2.61. The fraction of sp³-hybridized carbons (Fsp3) is 0.364. The summed E-state index contributed by atoms with van der Waals surface area (Å²) in [4.78, 5) is 0. The summed E-state index contributed by atoms with van der Waals surface area (Å²) >= 11 is 0. The smallest absolute Gasteiger partial charge is 0.155 e. The molecular weight excluding hydrogens is 278 g/mol. The van der Waals surface area contributed by atoms with Crippen molar-refractivity contribution in [1.29, 1.82) is 0 Å². The molecule has 0 aliphatic carbocycles. The Morgan fingerprint density at radius 2 is 1.48 bits per heavy atom. The van der Waals surface area contributed by atoms with Gasteiger partial charge in [0.15, 0.2) is 6.04 Å². The van der Waals surface area contributed by atoms with Gasteiger partial charge in [0.25, 0.3) is 0 Å². The first-order valence-corrected chi connectivity index (χ1v) is 8.71. The molecule has 1 heterocycles. The van der Waals surface area contributed by atoms with E-state index in [0.29, 0.717) is 6.04 Å². The van der Waals surface area contributed by atoms with Crippen molar-refractivity contribution in [3.8, 4) is 11.8 Å². The van der Waals surface area contributed by atoms with Crippen molar-refractivity contribution in [3.63, 3.8) is 0 Å². The molecule has 1 unspecified atom stereocenters. The molecule has 0 aromatic heterocycles. The predicted octanol–water partition coefficient (Wildman–Crippen LogP) is 4.28. The first kappa shape index (κ1) is 15.8. The normalized spacial score (nSPS) is 17.8. The lowest BCUT2D eigenvalue weighted by Gasteiger charge is -2.42. The van der Waals surface area contributed by atoms with E-state index in [4.69, 9.17) is 0 Å². The van der Waals surface area contributed by atoms with Gasteiger partial charge in [-0.2, -0.15) is 0 Å². The molecule has 1 fully saturated rings. The molecule has 2 aromatic rings. The van der Waals surface area contributed by atoms with E-state index in [1.807, 2.05) is 6.07 Å². The first-order valence-electron chi connectivity index (χ1n) is 8.71. The third-order valence-electron chi connectivity index (χ3n) is 5.02. The van der Waals surface area contributed by atoms with Gasteiger partial charge in [-0.1, -0.05) is 54.5 Å². The average molecular weight is 304 g/mol. The van der Waals surface area contributed by atoms with E-state index in [1.165, 1.54) is 37.9 Å². The minimum atomic E-state index is 0.373. The number of piperidine rings is 1. The standard InChI is InChI=1S/C22H26N/c1-23(17-9-4-10-18-23)22(19-21-13-7-3-8-14-21)16-15-20-11-5-2-6-12-20/h2-3,5-8,11-14,22H,4,9-10,17-19H2,1H3/q+1. The zero-order chi connectivity index (χ0) is 16.0. The van der Waals surface area contributed by atoms with Gasteiger partial charge in [0.1, 0.15) is 0 Å². The Kier molecular flexibility index (Phi) is 5.16. The second-order valence-electron chi connectivity index (χ2n) is 6.83. The van der Waals surface area contributed by atoms with E-state index in [1.54, 1.807) is 0 Å². The molecule has 0 saturated carbocycles. The molecule has 0 radical (unpaired) electrons. The molecule has 0 N–H and O–H groups in total. The maximum absolute atomic E-state index is 3.62. The number of likely N-dealkylation sites (tertiary alicyclic amines) is 1. The van der Waals surface area contributed by atoms with Crippen molar-refractivity contribution < 1.29 is 4.48 Å². The Labute approximate surface area is 140 Å². The number of hydrogen-bond acceptors (Lipinski definition) is 0. The molecule has 1 aliphatic heterocycles. The highest BCUT2D eigenvalue weighted by molar-refractivity contribution is 5.35. The molecule has 1 saturated heterocycles. The summed E-state index contributed by atoms with van der Waals surface area (Å²) in [6.45, 7) is 2.50. The summed E-state index contributed by atoms with van der Waals surface area (Å²) in [5.41, 5.74) is 2.51. The van der Waals surface area contributed by atoms with Crippen LogP contribution in [0.15, 0.2) is 60.7 Å². The second kappa shape index (κ2) is 7.49. The van der Waals surface area contributed by atoms with E-state index in [0.717, 1.165) is 16.5 Å². The zero-order valence-corrected chi connectivity index (χ0v) is 14.0. The van der Waals surface area contributed by atoms with Crippen LogP contribution in [0.2, 0.25) is 0 Å². The van der Waals surface area contributed by atoms with Crippen LogP contribution in [0, 0.1) is 11.8 Å². The van der Waals surface area contributed by atoms with Gasteiger partial charge >= 0.3 is 0 Å². The lowest BCUT2D eigenvalue weighted by Crippen LogP contribution is -2.55. The van der Waals surface area contributed by atoms with Gasteiger partial charge in [0.2, 0.25) is 0 Å². The van der Waals surface area contributed by atoms with Gasteiger partial charge < -0.3 is 4.48 Å². The third kappa shape index (κ3) is 4.24. The van der Waals surface area contributed by atoms with Gasteiger partial charge in [-0.25, -0.2) is 0 Å². The number of nitrogens with zero attached hydrogens (tertiary/aromatic N) is 1. The van der Waals surface area contributed by atoms with Gasteiger partial charge in [-0.05, 0) is 42.9 Å². The van der Waals surface area contributed by atoms with Crippen molar-refractivity contribution in [1.82, 2.24) is 0 Å². The topological polar surface area (TPSA) is 0 Å². The van der Waals surface area contributed by atoms with Crippen molar-refractivity contribution in [2.24, 2.45) is 0 Å². The molecule has 0 spiro atoms. The van der Waals surface area contributed by atoms with Crippen molar-refractivity contribution >= 4 is 0 Å². The van der Waals surface area contributed by atoms with Crippen LogP contribution < -0.4 is 0 Å². The van der Waals surface area contributed by atoms with Crippen molar-refractivity contribution in [2.45, 2.75) is 31.7 Å². The number of benzene rings is 2. The van der Waals surface area contributed by atoms with Crippen LogP contribution in [0.4, 0.5) is 0 Å². The molecule has 1 atom stereocenters. The van der Waals surface area contributed by atoms with Crippen LogP contribution in [0.1, 0.15) is 30.4 Å². The Balaban J connectivity index is 1.85. The van der Waals surface area contributed by atoms with Crippen LogP contribution in [-0.2, 0) is 6.42 Å². The molecular formula is C22H26N+. The molecule has 0 amide bonds. The van der Waals surface area contributed by atoms with Crippen LogP contribution in [0.3, 0.4) is 0 Å². The maximum Gasteiger partial charge on any atom is 0.155 e. The first-order chi connectivity index (χ1) is 11.3. The largest absolute Gasteiger partial charge is 0.313 e. The third-order valence-corrected chi connectivity index (χ3v) is 5.02. The van der Waals surface area contributed by atoms with E-state index in [-0.39, 0.29) is 0 Å². The van der Waals surface area contributed by atoms with Crippen LogP contribution >= 0.6 is 0 Å². The van der Waals surface area contributed by atoms with Crippen LogP contribution in [0.25, 0.3) is 0 Å². The highest BCUT2D eigenvalue weighted by Crippen LogP contribution is 2.23.